The quantitative estimate of drug-likeness (QED) is 0.512. The number of benzene rings is 2. The van der Waals surface area contributed by atoms with E-state index >= 15 is 0 Å². The van der Waals surface area contributed by atoms with Crippen molar-refractivity contribution < 1.29 is 27.3 Å². The highest BCUT2D eigenvalue weighted by Crippen LogP contribution is 2.31. The van der Waals surface area contributed by atoms with Crippen LogP contribution in [0.15, 0.2) is 57.9 Å². The number of carbonyl (C=O) groups excluding carboxylic acids is 2. The molecule has 5 rings (SSSR count). The fourth-order valence-corrected chi connectivity index (χ4v) is 6.38. The molecule has 0 bridgehead atoms. The van der Waals surface area contributed by atoms with Gasteiger partial charge in [0.05, 0.1) is 5.56 Å². The zero-order valence-electron chi connectivity index (χ0n) is 19.4. The van der Waals surface area contributed by atoms with Crippen molar-refractivity contribution in [2.45, 2.75) is 31.3 Å². The van der Waals surface area contributed by atoms with Crippen molar-refractivity contribution in [1.82, 2.24) is 14.4 Å². The Hall–Kier alpha value is -3.50. The van der Waals surface area contributed by atoms with Gasteiger partial charge in [-0.25, -0.2) is 13.2 Å². The Morgan fingerprint density at radius 1 is 1.03 bits per heavy atom. The van der Waals surface area contributed by atoms with E-state index in [1.165, 1.54) is 4.31 Å². The smallest absolute Gasteiger partial charge is 0.339 e. The highest BCUT2D eigenvalue weighted by atomic mass is 32.2. The molecule has 3 heterocycles. The van der Waals surface area contributed by atoms with E-state index in [1.54, 1.807) is 36.9 Å². The summed E-state index contributed by atoms with van der Waals surface area (Å²) < 4.78 is 38.1. The van der Waals surface area contributed by atoms with E-state index in [1.807, 2.05) is 30.3 Å². The maximum absolute atomic E-state index is 13.2. The second-order valence-electron chi connectivity index (χ2n) is 8.73. The Balaban J connectivity index is 1.30. The van der Waals surface area contributed by atoms with Crippen molar-refractivity contribution >= 4 is 21.9 Å². The molecule has 0 saturated carbocycles. The summed E-state index contributed by atoms with van der Waals surface area (Å²) in [6.45, 7) is 4.02. The lowest BCUT2D eigenvalue weighted by Gasteiger charge is -2.34. The first-order valence-corrected chi connectivity index (χ1v) is 12.8. The number of aromatic nitrogens is 1. The van der Waals surface area contributed by atoms with Crippen molar-refractivity contribution in [2.75, 3.05) is 26.2 Å². The molecule has 182 valence electrons. The molecule has 2 aliphatic rings. The first-order valence-electron chi connectivity index (χ1n) is 11.4. The van der Waals surface area contributed by atoms with E-state index in [0.717, 1.165) is 11.1 Å². The number of piperazine rings is 1. The molecule has 0 aliphatic carbocycles. The minimum Gasteiger partial charge on any atom is -0.454 e. The number of rotatable bonds is 4. The predicted molar refractivity (Wildman–Crippen MR) is 125 cm³/mol. The van der Waals surface area contributed by atoms with Gasteiger partial charge in [-0.2, -0.15) is 4.31 Å². The third-order valence-corrected chi connectivity index (χ3v) is 8.63. The average molecular weight is 496 g/mol. The molecule has 1 aromatic heterocycles. The topological polar surface area (TPSA) is 110 Å². The first-order chi connectivity index (χ1) is 16.8. The van der Waals surface area contributed by atoms with Gasteiger partial charge in [0.15, 0.2) is 5.76 Å². The number of nitrogens with zero attached hydrogens (tertiary/aromatic N) is 3. The Kier molecular flexibility index (Phi) is 5.94. The highest BCUT2D eigenvalue weighted by molar-refractivity contribution is 7.89. The van der Waals surface area contributed by atoms with E-state index in [4.69, 9.17) is 9.26 Å². The van der Waals surface area contributed by atoms with Crippen molar-refractivity contribution in [3.8, 4) is 0 Å². The number of carbonyl (C=O) groups is 2. The normalized spacial score (nSPS) is 18.7. The minimum absolute atomic E-state index is 0.0896. The van der Waals surface area contributed by atoms with Gasteiger partial charge in [0.1, 0.15) is 16.7 Å². The fourth-order valence-electron chi connectivity index (χ4n) is 4.67. The van der Waals surface area contributed by atoms with E-state index in [9.17, 15) is 18.0 Å². The van der Waals surface area contributed by atoms with Crippen molar-refractivity contribution in [3.63, 3.8) is 0 Å². The van der Waals surface area contributed by atoms with Crippen molar-refractivity contribution in [2.24, 2.45) is 0 Å². The van der Waals surface area contributed by atoms with Gasteiger partial charge >= 0.3 is 5.97 Å². The van der Waals surface area contributed by atoms with Gasteiger partial charge in [-0.05, 0) is 43.2 Å². The maximum atomic E-state index is 13.2. The van der Waals surface area contributed by atoms with Gasteiger partial charge < -0.3 is 14.2 Å². The van der Waals surface area contributed by atoms with E-state index in [0.29, 0.717) is 23.2 Å². The van der Waals surface area contributed by atoms with Crippen LogP contribution in [0.1, 0.15) is 49.4 Å². The third kappa shape index (κ3) is 4.23. The van der Waals surface area contributed by atoms with Gasteiger partial charge in [-0.15, -0.1) is 0 Å². The SMILES string of the molecule is Cc1noc(C)c1S(=O)(=O)N1CCN(C(=O)c2ccc3c(c2)CC(c2ccccc2)OC3=O)CC1. The van der Waals surface area contributed by atoms with Crippen LogP contribution in [0.25, 0.3) is 0 Å². The highest BCUT2D eigenvalue weighted by Gasteiger charge is 2.35. The lowest BCUT2D eigenvalue weighted by atomic mass is 9.93. The summed E-state index contributed by atoms with van der Waals surface area (Å²) >= 11 is 0. The molecule has 1 atom stereocenters. The summed E-state index contributed by atoms with van der Waals surface area (Å²) in [5, 5.41) is 3.75. The van der Waals surface area contributed by atoms with Gasteiger partial charge in [0.2, 0.25) is 10.0 Å². The summed E-state index contributed by atoms with van der Waals surface area (Å²) in [6.07, 6.45) is 0.0787. The summed E-state index contributed by atoms with van der Waals surface area (Å²) in [4.78, 5) is 27.5. The molecule has 2 aromatic carbocycles. The molecule has 0 N–H and O–H groups in total. The zero-order valence-corrected chi connectivity index (χ0v) is 20.2. The van der Waals surface area contributed by atoms with Crippen LogP contribution < -0.4 is 0 Å². The second-order valence-corrected chi connectivity index (χ2v) is 10.6. The van der Waals surface area contributed by atoms with Crippen LogP contribution in [-0.4, -0.2) is 60.8 Å². The van der Waals surface area contributed by atoms with Crippen LogP contribution in [0, 0.1) is 13.8 Å². The van der Waals surface area contributed by atoms with Gasteiger partial charge in [0.25, 0.3) is 5.91 Å². The number of aryl methyl sites for hydroxylation is 2. The molecule has 1 amide bonds. The molecule has 0 spiro atoms. The maximum Gasteiger partial charge on any atom is 0.339 e. The van der Waals surface area contributed by atoms with E-state index < -0.39 is 22.1 Å². The van der Waals surface area contributed by atoms with Crippen LogP contribution >= 0.6 is 0 Å². The molecular formula is C25H25N3O6S. The monoisotopic (exact) mass is 495 g/mol. The van der Waals surface area contributed by atoms with Crippen molar-refractivity contribution in [3.05, 3.63) is 82.2 Å². The molecule has 1 fully saturated rings. The summed E-state index contributed by atoms with van der Waals surface area (Å²) in [5.74, 6) is -0.350. The molecule has 3 aromatic rings. The number of amides is 1. The van der Waals surface area contributed by atoms with Gasteiger partial charge in [-0.3, -0.25) is 4.79 Å². The Morgan fingerprint density at radius 2 is 1.74 bits per heavy atom. The molecular weight excluding hydrogens is 470 g/mol. The fraction of sp³-hybridized carbons (Fsp3) is 0.320. The molecule has 35 heavy (non-hydrogen) atoms. The van der Waals surface area contributed by atoms with Crippen LogP contribution in [0.2, 0.25) is 0 Å². The van der Waals surface area contributed by atoms with Gasteiger partial charge in [-0.1, -0.05) is 35.5 Å². The Labute approximate surface area is 203 Å². The van der Waals surface area contributed by atoms with E-state index in [-0.39, 0.29) is 42.7 Å². The Morgan fingerprint density at radius 3 is 2.40 bits per heavy atom. The zero-order chi connectivity index (χ0) is 24.7. The number of hydrogen-bond acceptors (Lipinski definition) is 7. The summed E-state index contributed by atoms with van der Waals surface area (Å²) in [6, 6.07) is 14.5. The molecule has 9 nitrogen and oxygen atoms in total. The molecule has 1 unspecified atom stereocenters. The van der Waals surface area contributed by atoms with Crippen LogP contribution in [0.5, 0.6) is 0 Å². The van der Waals surface area contributed by atoms with Gasteiger partial charge in [0, 0.05) is 38.2 Å². The summed E-state index contributed by atoms with van der Waals surface area (Å²) in [7, 11) is -3.76. The minimum atomic E-state index is -3.76. The molecule has 1 saturated heterocycles. The number of esters is 1. The largest absolute Gasteiger partial charge is 0.454 e. The number of ether oxygens (including phenoxy) is 1. The first kappa shape index (κ1) is 23.3. The number of sulfonamides is 1. The summed E-state index contributed by atoms with van der Waals surface area (Å²) in [5.41, 5.74) is 2.92. The number of fused-ring (bicyclic) bond motifs is 1. The number of hydrogen-bond donors (Lipinski definition) is 0. The van der Waals surface area contributed by atoms with Crippen LogP contribution in [0.3, 0.4) is 0 Å². The molecule has 2 aliphatic heterocycles. The predicted octanol–water partition coefficient (Wildman–Crippen LogP) is 2.89. The van der Waals surface area contributed by atoms with Crippen molar-refractivity contribution in [1.29, 1.82) is 0 Å². The second kappa shape index (κ2) is 8.94. The number of cyclic esters (lactones) is 1. The third-order valence-electron chi connectivity index (χ3n) is 6.49. The standard InChI is InChI=1S/C25H25N3O6S/c1-16-23(17(2)34-26-16)35(31,32)28-12-10-27(11-13-28)24(29)19-8-9-21-20(14-19)15-22(33-25(21)30)18-6-4-3-5-7-18/h3-9,14,22H,10-13,15H2,1-2H3. The lowest BCUT2D eigenvalue weighted by molar-refractivity contribution is 0.0252. The average Bonchev–Trinajstić information content (AvgIpc) is 3.22. The Bertz CT molecular complexity index is 1370. The van der Waals surface area contributed by atoms with Crippen LogP contribution in [-0.2, 0) is 21.2 Å². The lowest BCUT2D eigenvalue weighted by Crippen LogP contribution is -2.50. The van der Waals surface area contributed by atoms with Crippen LogP contribution in [0.4, 0.5) is 0 Å². The molecule has 0 radical (unpaired) electrons. The molecule has 10 heteroatoms. The van der Waals surface area contributed by atoms with E-state index in [2.05, 4.69) is 5.16 Å².